The fourth-order valence-corrected chi connectivity index (χ4v) is 2.07. The Morgan fingerprint density at radius 2 is 2.12 bits per heavy atom. The zero-order valence-electron chi connectivity index (χ0n) is 9.49. The number of hydrogen-bond acceptors (Lipinski definition) is 2. The number of alkyl halides is 1. The molecule has 1 aromatic rings. The van der Waals surface area contributed by atoms with Gasteiger partial charge in [0.2, 0.25) is 0 Å². The summed E-state index contributed by atoms with van der Waals surface area (Å²) in [6, 6.07) is 10.4. The van der Waals surface area contributed by atoms with Gasteiger partial charge in [-0.2, -0.15) is 0 Å². The molecule has 1 fully saturated rings. The summed E-state index contributed by atoms with van der Waals surface area (Å²) in [4.78, 5) is 0. The Kier molecular flexibility index (Phi) is 3.85. The minimum Gasteiger partial charge on any atom is -0.347 e. The fourth-order valence-electron chi connectivity index (χ4n) is 1.91. The lowest BCUT2D eigenvalue weighted by molar-refractivity contribution is -0.155. The molecule has 0 bridgehead atoms. The molecule has 2 rings (SSSR count). The highest BCUT2D eigenvalue weighted by Gasteiger charge is 2.36. The number of halogens is 1. The van der Waals surface area contributed by atoms with Gasteiger partial charge in [0, 0.05) is 6.42 Å². The second kappa shape index (κ2) is 5.17. The van der Waals surface area contributed by atoms with Crippen molar-refractivity contribution in [2.75, 3.05) is 12.5 Å². The number of rotatable bonds is 4. The van der Waals surface area contributed by atoms with E-state index in [1.165, 1.54) is 5.56 Å². The van der Waals surface area contributed by atoms with Crippen LogP contribution in [0.4, 0.5) is 0 Å². The second-order valence-corrected chi connectivity index (χ2v) is 4.63. The van der Waals surface area contributed by atoms with Crippen LogP contribution < -0.4 is 0 Å². The predicted octanol–water partition coefficient (Wildman–Crippen LogP) is 2.99. The van der Waals surface area contributed by atoms with Crippen LogP contribution in [0.3, 0.4) is 0 Å². The minimum atomic E-state index is -0.463. The molecule has 0 spiro atoms. The highest BCUT2D eigenvalue weighted by atomic mass is 35.5. The molecule has 0 amide bonds. The lowest BCUT2D eigenvalue weighted by Crippen LogP contribution is -2.27. The van der Waals surface area contributed by atoms with E-state index >= 15 is 0 Å². The topological polar surface area (TPSA) is 18.5 Å². The van der Waals surface area contributed by atoms with Gasteiger partial charge in [-0.15, -0.1) is 11.6 Å². The Labute approximate surface area is 102 Å². The summed E-state index contributed by atoms with van der Waals surface area (Å²) in [6.07, 6.45) is 1.87. The lowest BCUT2D eigenvalue weighted by atomic mass is 10.1. The monoisotopic (exact) mass is 240 g/mol. The molecule has 0 N–H and O–H groups in total. The summed E-state index contributed by atoms with van der Waals surface area (Å²) in [5.41, 5.74) is 1.31. The van der Waals surface area contributed by atoms with E-state index in [9.17, 15) is 0 Å². The summed E-state index contributed by atoms with van der Waals surface area (Å²) in [5, 5.41) is 0. The first kappa shape index (κ1) is 11.9. The first-order valence-corrected chi connectivity index (χ1v) is 6.17. The van der Waals surface area contributed by atoms with Crippen molar-refractivity contribution in [3.05, 3.63) is 35.9 Å². The van der Waals surface area contributed by atoms with E-state index in [4.69, 9.17) is 21.1 Å². The molecule has 0 radical (unpaired) electrons. The summed E-state index contributed by atoms with van der Waals surface area (Å²) in [6.45, 7) is 2.59. The van der Waals surface area contributed by atoms with Crippen LogP contribution in [0.5, 0.6) is 0 Å². The maximum absolute atomic E-state index is 5.77. The van der Waals surface area contributed by atoms with E-state index in [-0.39, 0.29) is 6.10 Å². The largest absolute Gasteiger partial charge is 0.347 e. The molecule has 16 heavy (non-hydrogen) atoms. The van der Waals surface area contributed by atoms with Gasteiger partial charge in [0.15, 0.2) is 5.79 Å². The Morgan fingerprint density at radius 1 is 1.38 bits per heavy atom. The van der Waals surface area contributed by atoms with Crippen LogP contribution in [0, 0.1) is 0 Å². The number of ether oxygens (including phenoxy) is 2. The Hall–Kier alpha value is -0.570. The number of aryl methyl sites for hydroxylation is 1. The normalized spacial score (nSPS) is 29.5. The van der Waals surface area contributed by atoms with Crippen molar-refractivity contribution >= 4 is 11.6 Å². The van der Waals surface area contributed by atoms with Crippen LogP contribution in [0.15, 0.2) is 30.3 Å². The van der Waals surface area contributed by atoms with E-state index in [2.05, 4.69) is 24.3 Å². The van der Waals surface area contributed by atoms with Crippen molar-refractivity contribution in [3.8, 4) is 0 Å². The van der Waals surface area contributed by atoms with Crippen LogP contribution in [-0.2, 0) is 15.9 Å². The molecule has 1 aliphatic heterocycles. The van der Waals surface area contributed by atoms with Gasteiger partial charge >= 0.3 is 0 Å². The summed E-state index contributed by atoms with van der Waals surface area (Å²) >= 11 is 5.75. The van der Waals surface area contributed by atoms with Crippen LogP contribution in [0.2, 0.25) is 0 Å². The van der Waals surface area contributed by atoms with Gasteiger partial charge in [0.25, 0.3) is 0 Å². The molecule has 1 saturated heterocycles. The van der Waals surface area contributed by atoms with Crippen LogP contribution in [0.1, 0.15) is 18.9 Å². The fraction of sp³-hybridized carbons (Fsp3) is 0.538. The smallest absolute Gasteiger partial charge is 0.166 e. The van der Waals surface area contributed by atoms with Crippen molar-refractivity contribution in [2.45, 2.75) is 31.7 Å². The second-order valence-electron chi connectivity index (χ2n) is 4.32. The molecular formula is C13H17ClO2. The SMILES string of the molecule is C[C@@]1(CCc2ccccc2)OC[C@@H](CCl)O1. The molecule has 1 aliphatic rings. The standard InChI is InChI=1S/C13H17ClO2/c1-13(15-10-12(9-14)16-13)8-7-11-5-3-2-4-6-11/h2-6,12H,7-10H2,1H3/t12-,13-/m1/s1. The highest BCUT2D eigenvalue weighted by molar-refractivity contribution is 6.18. The van der Waals surface area contributed by atoms with Gasteiger partial charge < -0.3 is 9.47 Å². The third-order valence-corrected chi connectivity index (χ3v) is 3.22. The lowest BCUT2D eigenvalue weighted by Gasteiger charge is -2.23. The van der Waals surface area contributed by atoms with Crippen molar-refractivity contribution < 1.29 is 9.47 Å². The molecule has 0 aromatic heterocycles. The molecule has 2 nitrogen and oxygen atoms in total. The predicted molar refractivity (Wildman–Crippen MR) is 64.7 cm³/mol. The van der Waals surface area contributed by atoms with E-state index in [0.29, 0.717) is 12.5 Å². The highest BCUT2D eigenvalue weighted by Crippen LogP contribution is 2.28. The molecule has 2 atom stereocenters. The van der Waals surface area contributed by atoms with Crippen molar-refractivity contribution in [2.24, 2.45) is 0 Å². The Balaban J connectivity index is 1.86. The van der Waals surface area contributed by atoms with Gasteiger partial charge in [-0.05, 0) is 18.9 Å². The average molecular weight is 241 g/mol. The minimum absolute atomic E-state index is 0.0439. The van der Waals surface area contributed by atoms with Crippen LogP contribution in [-0.4, -0.2) is 24.4 Å². The molecule has 0 aliphatic carbocycles. The Morgan fingerprint density at radius 3 is 2.75 bits per heavy atom. The van der Waals surface area contributed by atoms with Gasteiger partial charge in [-0.25, -0.2) is 0 Å². The third kappa shape index (κ3) is 2.97. The molecule has 88 valence electrons. The molecular weight excluding hydrogens is 224 g/mol. The van der Waals surface area contributed by atoms with E-state index in [0.717, 1.165) is 12.8 Å². The van der Waals surface area contributed by atoms with Crippen molar-refractivity contribution in [3.63, 3.8) is 0 Å². The Bertz CT molecular complexity index is 328. The summed E-state index contributed by atoms with van der Waals surface area (Å²) in [7, 11) is 0. The maximum Gasteiger partial charge on any atom is 0.166 e. The molecule has 1 aromatic carbocycles. The van der Waals surface area contributed by atoms with Gasteiger partial charge in [0.05, 0.1) is 18.6 Å². The van der Waals surface area contributed by atoms with Crippen LogP contribution >= 0.6 is 11.6 Å². The molecule has 1 heterocycles. The zero-order chi connectivity index (χ0) is 11.4. The van der Waals surface area contributed by atoms with E-state index in [1.54, 1.807) is 0 Å². The maximum atomic E-state index is 5.77. The van der Waals surface area contributed by atoms with Crippen molar-refractivity contribution in [1.29, 1.82) is 0 Å². The third-order valence-electron chi connectivity index (χ3n) is 2.87. The summed E-state index contributed by atoms with van der Waals surface area (Å²) in [5.74, 6) is 0.0380. The van der Waals surface area contributed by atoms with Crippen molar-refractivity contribution in [1.82, 2.24) is 0 Å². The van der Waals surface area contributed by atoms with E-state index in [1.807, 2.05) is 13.0 Å². The van der Waals surface area contributed by atoms with Gasteiger partial charge in [-0.1, -0.05) is 30.3 Å². The molecule has 0 unspecified atom stereocenters. The quantitative estimate of drug-likeness (QED) is 0.754. The molecule has 3 heteroatoms. The van der Waals surface area contributed by atoms with Gasteiger partial charge in [-0.3, -0.25) is 0 Å². The average Bonchev–Trinajstić information content (AvgIpc) is 2.71. The molecule has 0 saturated carbocycles. The first-order chi connectivity index (χ1) is 7.72. The number of hydrogen-bond donors (Lipinski definition) is 0. The number of benzene rings is 1. The summed E-state index contributed by atoms with van der Waals surface area (Å²) < 4.78 is 11.4. The van der Waals surface area contributed by atoms with E-state index < -0.39 is 5.79 Å². The van der Waals surface area contributed by atoms with Crippen LogP contribution in [0.25, 0.3) is 0 Å². The zero-order valence-corrected chi connectivity index (χ0v) is 10.2. The first-order valence-electron chi connectivity index (χ1n) is 5.63. The van der Waals surface area contributed by atoms with Gasteiger partial charge in [0.1, 0.15) is 0 Å².